The first-order valence-electron chi connectivity index (χ1n) is 3.98. The fraction of sp³-hybridized carbons (Fsp3) is 0.444. The maximum Gasteiger partial charge on any atom is 0.0447 e. The average Bonchev–Trinajstić information content (AvgIpc) is 2.04. The van der Waals surface area contributed by atoms with Crippen molar-refractivity contribution in [2.75, 3.05) is 0 Å². The quantitative estimate of drug-likeness (QED) is 0.844. The van der Waals surface area contributed by atoms with Gasteiger partial charge >= 0.3 is 0 Å². The van der Waals surface area contributed by atoms with E-state index in [4.69, 9.17) is 5.73 Å². The summed E-state index contributed by atoms with van der Waals surface area (Å²) in [6.45, 7) is 4.08. The Morgan fingerprint density at radius 3 is 2.50 bits per heavy atom. The molecule has 1 aromatic heterocycles. The largest absolute Gasteiger partial charge is 0.327 e. The van der Waals surface area contributed by atoms with E-state index in [1.807, 2.05) is 19.1 Å². The van der Waals surface area contributed by atoms with Gasteiger partial charge in [-0.05, 0) is 35.0 Å². The van der Waals surface area contributed by atoms with E-state index in [9.17, 15) is 0 Å². The van der Waals surface area contributed by atoms with Gasteiger partial charge in [0.05, 0.1) is 0 Å². The van der Waals surface area contributed by atoms with Gasteiger partial charge in [-0.3, -0.25) is 4.98 Å². The molecule has 1 heterocycles. The molecule has 3 heteroatoms. The third kappa shape index (κ3) is 2.29. The van der Waals surface area contributed by atoms with E-state index in [0.29, 0.717) is 5.92 Å². The van der Waals surface area contributed by atoms with Crippen molar-refractivity contribution in [2.45, 2.75) is 25.8 Å². The van der Waals surface area contributed by atoms with Crippen molar-refractivity contribution in [3.05, 3.63) is 28.5 Å². The van der Waals surface area contributed by atoms with E-state index < -0.39 is 0 Å². The lowest BCUT2D eigenvalue weighted by Crippen LogP contribution is -2.23. The van der Waals surface area contributed by atoms with Crippen LogP contribution in [0, 0.1) is 0 Å². The molecule has 66 valence electrons. The molecule has 0 aliphatic rings. The van der Waals surface area contributed by atoms with E-state index in [-0.39, 0.29) is 6.04 Å². The summed E-state index contributed by atoms with van der Waals surface area (Å²) >= 11 is 3.34. The van der Waals surface area contributed by atoms with E-state index in [1.165, 1.54) is 0 Å². The highest BCUT2D eigenvalue weighted by Crippen LogP contribution is 2.17. The lowest BCUT2D eigenvalue weighted by molar-refractivity contribution is 0.598. The second kappa shape index (κ2) is 4.01. The van der Waals surface area contributed by atoms with Crippen LogP contribution in [-0.2, 0) is 0 Å². The van der Waals surface area contributed by atoms with Gasteiger partial charge in [0, 0.05) is 28.3 Å². The third-order valence-electron chi connectivity index (χ3n) is 2.01. The SMILES string of the molecule is CC(N)C(C)c1ccc(Br)cn1. The van der Waals surface area contributed by atoms with E-state index in [2.05, 4.69) is 27.8 Å². The van der Waals surface area contributed by atoms with E-state index >= 15 is 0 Å². The molecule has 2 N–H and O–H groups in total. The van der Waals surface area contributed by atoms with Crippen molar-refractivity contribution in [3.63, 3.8) is 0 Å². The Morgan fingerprint density at radius 1 is 1.42 bits per heavy atom. The molecule has 0 aliphatic heterocycles. The Bertz CT molecular complexity index is 243. The first-order valence-corrected chi connectivity index (χ1v) is 4.77. The molecule has 0 amide bonds. The lowest BCUT2D eigenvalue weighted by atomic mass is 10.0. The minimum atomic E-state index is 0.152. The molecule has 0 saturated heterocycles. The molecule has 0 saturated carbocycles. The lowest BCUT2D eigenvalue weighted by Gasteiger charge is -2.14. The van der Waals surface area contributed by atoms with Gasteiger partial charge in [-0.2, -0.15) is 0 Å². The summed E-state index contributed by atoms with van der Waals surface area (Å²) in [7, 11) is 0. The van der Waals surface area contributed by atoms with Crippen LogP contribution >= 0.6 is 15.9 Å². The summed E-state index contributed by atoms with van der Waals surface area (Å²) in [5, 5.41) is 0. The molecule has 2 atom stereocenters. The molecule has 2 unspecified atom stereocenters. The van der Waals surface area contributed by atoms with Crippen molar-refractivity contribution in [1.82, 2.24) is 4.98 Å². The van der Waals surface area contributed by atoms with Crippen LogP contribution in [0.1, 0.15) is 25.5 Å². The predicted octanol–water partition coefficient (Wildman–Crippen LogP) is 2.29. The van der Waals surface area contributed by atoms with Crippen LogP contribution in [0.4, 0.5) is 0 Å². The van der Waals surface area contributed by atoms with Gasteiger partial charge in [0.1, 0.15) is 0 Å². The third-order valence-corrected chi connectivity index (χ3v) is 2.47. The number of halogens is 1. The number of aromatic nitrogens is 1. The molecule has 0 radical (unpaired) electrons. The Labute approximate surface area is 81.3 Å². The Kier molecular flexibility index (Phi) is 3.23. The maximum atomic E-state index is 5.75. The topological polar surface area (TPSA) is 38.9 Å². The normalized spacial score (nSPS) is 15.7. The van der Waals surface area contributed by atoms with Gasteiger partial charge in [0.2, 0.25) is 0 Å². The molecule has 0 spiro atoms. The molecule has 1 aromatic rings. The smallest absolute Gasteiger partial charge is 0.0447 e. The number of nitrogens with zero attached hydrogens (tertiary/aromatic N) is 1. The Balaban J connectivity index is 2.82. The highest BCUT2D eigenvalue weighted by atomic mass is 79.9. The fourth-order valence-electron chi connectivity index (χ4n) is 0.926. The molecule has 1 rings (SSSR count). The van der Waals surface area contributed by atoms with Gasteiger partial charge < -0.3 is 5.73 Å². The number of nitrogens with two attached hydrogens (primary N) is 1. The molecule has 0 aliphatic carbocycles. The highest BCUT2D eigenvalue weighted by Gasteiger charge is 2.10. The van der Waals surface area contributed by atoms with Crippen molar-refractivity contribution in [1.29, 1.82) is 0 Å². The van der Waals surface area contributed by atoms with Crippen molar-refractivity contribution < 1.29 is 0 Å². The standard InChI is InChI=1S/C9H13BrN2/c1-6(7(2)11)9-4-3-8(10)5-12-9/h3-7H,11H2,1-2H3. The Hall–Kier alpha value is -0.410. The maximum absolute atomic E-state index is 5.75. The van der Waals surface area contributed by atoms with Crippen LogP contribution in [0.2, 0.25) is 0 Å². The summed E-state index contributed by atoms with van der Waals surface area (Å²) in [5.74, 6) is 0.318. The molecule has 0 fully saturated rings. The average molecular weight is 229 g/mol. The first kappa shape index (κ1) is 9.68. The van der Waals surface area contributed by atoms with Gasteiger partial charge in [-0.1, -0.05) is 6.92 Å². The first-order chi connectivity index (χ1) is 5.61. The molecular weight excluding hydrogens is 216 g/mol. The Morgan fingerprint density at radius 2 is 2.08 bits per heavy atom. The van der Waals surface area contributed by atoms with Gasteiger partial charge in [-0.15, -0.1) is 0 Å². The zero-order valence-electron chi connectivity index (χ0n) is 7.29. The molecule has 12 heavy (non-hydrogen) atoms. The second-order valence-electron chi connectivity index (χ2n) is 3.05. The summed E-state index contributed by atoms with van der Waals surface area (Å²) in [5.41, 5.74) is 6.80. The molecule has 0 aromatic carbocycles. The predicted molar refractivity (Wildman–Crippen MR) is 54.0 cm³/mol. The number of hydrogen-bond donors (Lipinski definition) is 1. The van der Waals surface area contributed by atoms with Crippen LogP contribution in [0.3, 0.4) is 0 Å². The number of pyridine rings is 1. The number of rotatable bonds is 2. The van der Waals surface area contributed by atoms with Crippen LogP contribution in [0.25, 0.3) is 0 Å². The van der Waals surface area contributed by atoms with Crippen LogP contribution < -0.4 is 5.73 Å². The summed E-state index contributed by atoms with van der Waals surface area (Å²) in [4.78, 5) is 4.27. The van der Waals surface area contributed by atoms with E-state index in [0.717, 1.165) is 10.2 Å². The summed E-state index contributed by atoms with van der Waals surface area (Å²) in [6.07, 6.45) is 1.80. The minimum absolute atomic E-state index is 0.152. The molecular formula is C9H13BrN2. The fourth-order valence-corrected chi connectivity index (χ4v) is 1.16. The number of hydrogen-bond acceptors (Lipinski definition) is 2. The second-order valence-corrected chi connectivity index (χ2v) is 3.96. The highest BCUT2D eigenvalue weighted by molar-refractivity contribution is 9.10. The van der Waals surface area contributed by atoms with Crippen molar-refractivity contribution >= 4 is 15.9 Å². The van der Waals surface area contributed by atoms with Crippen LogP contribution in [0.5, 0.6) is 0 Å². The summed E-state index contributed by atoms with van der Waals surface area (Å²) in [6, 6.07) is 4.14. The van der Waals surface area contributed by atoms with E-state index in [1.54, 1.807) is 6.20 Å². The van der Waals surface area contributed by atoms with Crippen molar-refractivity contribution in [3.8, 4) is 0 Å². The minimum Gasteiger partial charge on any atom is -0.327 e. The van der Waals surface area contributed by atoms with Gasteiger partial charge in [-0.25, -0.2) is 0 Å². The summed E-state index contributed by atoms with van der Waals surface area (Å²) < 4.78 is 1.00. The van der Waals surface area contributed by atoms with Crippen molar-refractivity contribution in [2.24, 2.45) is 5.73 Å². The van der Waals surface area contributed by atoms with Crippen LogP contribution in [-0.4, -0.2) is 11.0 Å². The monoisotopic (exact) mass is 228 g/mol. The zero-order chi connectivity index (χ0) is 9.14. The molecule has 0 bridgehead atoms. The van der Waals surface area contributed by atoms with Crippen LogP contribution in [0.15, 0.2) is 22.8 Å². The van der Waals surface area contributed by atoms with Gasteiger partial charge in [0.15, 0.2) is 0 Å². The molecule has 2 nitrogen and oxygen atoms in total. The zero-order valence-corrected chi connectivity index (χ0v) is 8.88. The van der Waals surface area contributed by atoms with Gasteiger partial charge in [0.25, 0.3) is 0 Å².